The molecule has 9 aromatic rings. The molecule has 4 aliphatic heterocycles. The molecule has 64 heavy (non-hydrogen) atoms. The Bertz CT molecular complexity index is 3440. The van der Waals surface area contributed by atoms with E-state index in [0.717, 1.165) is 30.1 Å². The van der Waals surface area contributed by atoms with Crippen molar-refractivity contribution < 1.29 is 0 Å². The Morgan fingerprint density at radius 1 is 0.344 bits per heavy atom. The Kier molecular flexibility index (Phi) is 8.45. The minimum absolute atomic E-state index is 0.00753. The Morgan fingerprint density at radius 3 is 1.19 bits per heavy atom. The summed E-state index contributed by atoms with van der Waals surface area (Å²) in [5, 5.41) is 9.97. The van der Waals surface area contributed by atoms with E-state index in [1.54, 1.807) is 0 Å². The first-order chi connectivity index (χ1) is 31.7. The largest absolute Gasteiger partial charge is 0.347 e. The topological polar surface area (TPSA) is 31.2 Å². The zero-order valence-electron chi connectivity index (χ0n) is 35.1. The number of aliphatic imine (C=N–C) groups is 2. The number of fused-ring (bicyclic) bond motifs is 6. The van der Waals surface area contributed by atoms with Gasteiger partial charge in [-0.2, -0.15) is 0 Å². The molecule has 0 aliphatic carbocycles. The molecular formula is C60H42N4. The molecule has 13 rings (SSSR count). The van der Waals surface area contributed by atoms with Crippen LogP contribution in [0.4, 0.5) is 0 Å². The van der Waals surface area contributed by atoms with Crippen molar-refractivity contribution in [3.63, 3.8) is 0 Å². The van der Waals surface area contributed by atoms with Crippen molar-refractivity contribution in [1.82, 2.24) is 9.80 Å². The number of nitrogens with zero attached hydrogens (tertiary/aromatic N) is 4. The van der Waals surface area contributed by atoms with Gasteiger partial charge in [0, 0.05) is 12.4 Å². The van der Waals surface area contributed by atoms with Crippen LogP contribution in [0.1, 0.15) is 16.7 Å². The van der Waals surface area contributed by atoms with Crippen LogP contribution < -0.4 is 0 Å². The Labute approximate surface area is 372 Å². The van der Waals surface area contributed by atoms with Crippen LogP contribution in [0, 0.1) is 0 Å². The molecule has 4 aliphatic rings. The van der Waals surface area contributed by atoms with E-state index in [2.05, 4.69) is 229 Å². The lowest BCUT2D eigenvalue weighted by molar-refractivity contribution is 0.393. The van der Waals surface area contributed by atoms with Gasteiger partial charge in [0.2, 0.25) is 0 Å². The maximum atomic E-state index is 5.22. The standard InChI is InChI=1S/C60H42N4/c1-2-14-39(15-3-1)44-33-35-64-38-54(62-56(64)36-44)41-27-31-43(32-28-41)58-47-18-6-10-22-51(47)60(52-23-11-7-19-48(52)58)59-49-20-8-4-16-45(49)57(46-17-5-9-21-50(46)59)42-29-25-40(26-30-42)53-37-63-34-13-12-24-55(63)61-53/h1-36,55-56H,37-38H2. The van der Waals surface area contributed by atoms with Crippen LogP contribution in [-0.4, -0.2) is 46.6 Å². The second kappa shape index (κ2) is 14.8. The minimum atomic E-state index is 0.00753. The zero-order chi connectivity index (χ0) is 42.1. The second-order valence-electron chi connectivity index (χ2n) is 17.2. The van der Waals surface area contributed by atoms with E-state index in [0.29, 0.717) is 0 Å². The van der Waals surface area contributed by atoms with Crippen LogP contribution in [0.2, 0.25) is 0 Å². The van der Waals surface area contributed by atoms with Crippen molar-refractivity contribution in [3.8, 4) is 33.4 Å². The maximum Gasteiger partial charge on any atom is 0.141 e. The van der Waals surface area contributed by atoms with Crippen LogP contribution in [-0.2, 0) is 0 Å². The molecule has 0 N–H and O–H groups in total. The third-order valence-corrected chi connectivity index (χ3v) is 13.6. The van der Waals surface area contributed by atoms with Gasteiger partial charge in [0.05, 0.1) is 24.5 Å². The summed E-state index contributed by atoms with van der Waals surface area (Å²) in [6, 6.07) is 64.8. The van der Waals surface area contributed by atoms with E-state index in [-0.39, 0.29) is 12.3 Å². The van der Waals surface area contributed by atoms with Crippen LogP contribution in [0.5, 0.6) is 0 Å². The van der Waals surface area contributed by atoms with E-state index in [4.69, 9.17) is 9.98 Å². The third kappa shape index (κ3) is 5.90. The molecule has 0 bridgehead atoms. The van der Waals surface area contributed by atoms with Crippen molar-refractivity contribution in [3.05, 3.63) is 235 Å². The molecule has 0 fully saturated rings. The fourth-order valence-corrected chi connectivity index (χ4v) is 10.6. The lowest BCUT2D eigenvalue weighted by atomic mass is 9.81. The maximum absolute atomic E-state index is 5.22. The zero-order valence-corrected chi connectivity index (χ0v) is 35.1. The van der Waals surface area contributed by atoms with Gasteiger partial charge in [0.15, 0.2) is 0 Å². The van der Waals surface area contributed by atoms with Gasteiger partial charge < -0.3 is 9.80 Å². The molecule has 0 aromatic heterocycles. The molecule has 9 aromatic carbocycles. The fourth-order valence-electron chi connectivity index (χ4n) is 10.6. The predicted molar refractivity (Wildman–Crippen MR) is 269 cm³/mol. The van der Waals surface area contributed by atoms with Crippen LogP contribution in [0.15, 0.2) is 229 Å². The molecule has 4 nitrogen and oxygen atoms in total. The molecule has 0 spiro atoms. The number of hydrogen-bond donors (Lipinski definition) is 0. The average molecular weight is 819 g/mol. The monoisotopic (exact) mass is 818 g/mol. The highest BCUT2D eigenvalue weighted by atomic mass is 15.3. The van der Waals surface area contributed by atoms with Gasteiger partial charge in [-0.25, -0.2) is 0 Å². The van der Waals surface area contributed by atoms with E-state index in [1.165, 1.54) is 93.2 Å². The SMILES string of the molecule is C1=CC2N=C(c3ccc(-c4c5ccccc5c(-c5c6ccccc6c(-c6ccc(C7=NC8C=C(c9ccccc9)C=CN8C7)cc6)c6ccccc56)c5ccccc45)cc3)CN2C=C1. The minimum Gasteiger partial charge on any atom is -0.347 e. The van der Waals surface area contributed by atoms with E-state index in [9.17, 15) is 0 Å². The van der Waals surface area contributed by atoms with E-state index in [1.807, 2.05) is 0 Å². The highest BCUT2D eigenvalue weighted by Gasteiger charge is 2.28. The van der Waals surface area contributed by atoms with Crippen molar-refractivity contribution in [2.45, 2.75) is 12.3 Å². The molecular weight excluding hydrogens is 777 g/mol. The predicted octanol–water partition coefficient (Wildman–Crippen LogP) is 13.9. The van der Waals surface area contributed by atoms with Gasteiger partial charge in [-0.3, -0.25) is 9.98 Å². The number of benzene rings is 9. The normalized spacial score (nSPS) is 17.6. The number of allylic oxidation sites excluding steroid dienone is 4. The second-order valence-corrected chi connectivity index (χ2v) is 17.2. The summed E-state index contributed by atoms with van der Waals surface area (Å²) < 4.78 is 0. The van der Waals surface area contributed by atoms with Gasteiger partial charge in [-0.05, 0) is 123 Å². The van der Waals surface area contributed by atoms with Crippen molar-refractivity contribution in [2.75, 3.05) is 13.1 Å². The molecule has 4 heterocycles. The summed E-state index contributed by atoms with van der Waals surface area (Å²) in [6.07, 6.45) is 15.2. The average Bonchev–Trinajstić information content (AvgIpc) is 4.01. The van der Waals surface area contributed by atoms with Gasteiger partial charge in [-0.15, -0.1) is 0 Å². The highest BCUT2D eigenvalue weighted by molar-refractivity contribution is 6.30. The molecule has 2 unspecified atom stereocenters. The summed E-state index contributed by atoms with van der Waals surface area (Å²) in [5.41, 5.74) is 14.5. The first kappa shape index (κ1) is 36.6. The molecule has 4 heteroatoms. The van der Waals surface area contributed by atoms with Gasteiger partial charge in [0.25, 0.3) is 0 Å². The van der Waals surface area contributed by atoms with Gasteiger partial charge in [-0.1, -0.05) is 182 Å². The van der Waals surface area contributed by atoms with Gasteiger partial charge in [0.1, 0.15) is 12.3 Å². The van der Waals surface area contributed by atoms with E-state index >= 15 is 0 Å². The summed E-state index contributed by atoms with van der Waals surface area (Å²) in [7, 11) is 0. The van der Waals surface area contributed by atoms with Crippen LogP contribution in [0.25, 0.3) is 82.0 Å². The number of rotatable bonds is 6. The van der Waals surface area contributed by atoms with Crippen molar-refractivity contribution >= 4 is 60.1 Å². The van der Waals surface area contributed by atoms with Crippen molar-refractivity contribution in [2.24, 2.45) is 9.98 Å². The first-order valence-corrected chi connectivity index (χ1v) is 22.3. The molecule has 0 amide bonds. The quantitative estimate of drug-likeness (QED) is 0.157. The Balaban J connectivity index is 0.934. The molecule has 0 saturated carbocycles. The Morgan fingerprint density at radius 2 is 0.734 bits per heavy atom. The molecule has 2 atom stereocenters. The van der Waals surface area contributed by atoms with Crippen LogP contribution in [0.3, 0.4) is 0 Å². The summed E-state index contributed by atoms with van der Waals surface area (Å²) in [4.78, 5) is 14.9. The molecule has 302 valence electrons. The van der Waals surface area contributed by atoms with Crippen molar-refractivity contribution in [1.29, 1.82) is 0 Å². The smallest absolute Gasteiger partial charge is 0.141 e. The molecule has 0 radical (unpaired) electrons. The first-order valence-electron chi connectivity index (χ1n) is 22.3. The highest BCUT2D eigenvalue weighted by Crippen LogP contribution is 2.50. The summed E-state index contributed by atoms with van der Waals surface area (Å²) in [5.74, 6) is 0. The van der Waals surface area contributed by atoms with Crippen LogP contribution >= 0.6 is 0 Å². The fraction of sp³-hybridized carbons (Fsp3) is 0.0667. The summed E-state index contributed by atoms with van der Waals surface area (Å²) >= 11 is 0. The van der Waals surface area contributed by atoms with E-state index < -0.39 is 0 Å². The van der Waals surface area contributed by atoms with Gasteiger partial charge >= 0.3 is 0 Å². The molecule has 0 saturated heterocycles. The lowest BCUT2D eigenvalue weighted by Crippen LogP contribution is -2.26. The Hall–Kier alpha value is -8.08. The third-order valence-electron chi connectivity index (χ3n) is 13.6. The summed E-state index contributed by atoms with van der Waals surface area (Å²) in [6.45, 7) is 1.61. The number of hydrogen-bond acceptors (Lipinski definition) is 4. The lowest BCUT2D eigenvalue weighted by Gasteiger charge is -2.23.